The van der Waals surface area contributed by atoms with Crippen molar-refractivity contribution in [2.24, 2.45) is 0 Å². The van der Waals surface area contributed by atoms with Crippen LogP contribution < -0.4 is 4.90 Å². The van der Waals surface area contributed by atoms with Gasteiger partial charge in [-0.15, -0.1) is 0 Å². The van der Waals surface area contributed by atoms with Gasteiger partial charge in [0.25, 0.3) is 0 Å². The van der Waals surface area contributed by atoms with Gasteiger partial charge in [-0.2, -0.15) is 10.1 Å². The molecule has 0 unspecified atom stereocenters. The number of nitrogens with zero attached hydrogens (tertiary/aromatic N) is 7. The van der Waals surface area contributed by atoms with Crippen molar-refractivity contribution in [1.82, 2.24) is 29.9 Å². The molecule has 0 saturated carbocycles. The minimum absolute atomic E-state index is 0.245. The third-order valence-electron chi connectivity index (χ3n) is 5.97. The summed E-state index contributed by atoms with van der Waals surface area (Å²) in [6.07, 6.45) is 6.28. The number of hydrogen-bond acceptors (Lipinski definition) is 9. The molecule has 172 valence electrons. The third kappa shape index (κ3) is 4.08. The Hall–Kier alpha value is -3.34. The van der Waals surface area contributed by atoms with Crippen LogP contribution in [-0.4, -0.2) is 57.7 Å². The minimum atomic E-state index is -3.26. The molecule has 1 saturated heterocycles. The lowest BCUT2D eigenvalue weighted by atomic mass is 9.96. The Labute approximate surface area is 191 Å². The third-order valence-corrected chi connectivity index (χ3v) is 7.10. The molecule has 11 heteroatoms. The SMILES string of the molecule is CC(C)c1noc(C2CCN(c3ncnc4c3cnn4-c3ccc(S(C)(=O)=O)cc3)CC2)n1. The lowest BCUT2D eigenvalue weighted by Crippen LogP contribution is -2.33. The van der Waals surface area contributed by atoms with Crippen LogP contribution in [0.4, 0.5) is 5.82 Å². The molecule has 1 aliphatic rings. The number of hydrogen-bond donors (Lipinski definition) is 0. The Balaban J connectivity index is 1.37. The zero-order valence-electron chi connectivity index (χ0n) is 18.7. The maximum absolute atomic E-state index is 11.7. The monoisotopic (exact) mass is 467 g/mol. The van der Waals surface area contributed by atoms with E-state index in [1.165, 1.54) is 6.26 Å². The van der Waals surface area contributed by atoms with Gasteiger partial charge in [-0.3, -0.25) is 0 Å². The maximum atomic E-state index is 11.7. The second-order valence-corrected chi connectivity index (χ2v) is 10.7. The smallest absolute Gasteiger partial charge is 0.229 e. The van der Waals surface area contributed by atoms with Crippen molar-refractivity contribution in [1.29, 1.82) is 0 Å². The Morgan fingerprint density at radius 1 is 1.09 bits per heavy atom. The van der Waals surface area contributed by atoms with Crippen molar-refractivity contribution in [2.75, 3.05) is 24.2 Å². The predicted octanol–water partition coefficient (Wildman–Crippen LogP) is 3.11. The van der Waals surface area contributed by atoms with Crippen molar-refractivity contribution in [3.8, 4) is 5.69 Å². The van der Waals surface area contributed by atoms with E-state index in [0.717, 1.165) is 54.5 Å². The zero-order valence-corrected chi connectivity index (χ0v) is 19.5. The lowest BCUT2D eigenvalue weighted by Gasteiger charge is -2.31. The van der Waals surface area contributed by atoms with Crippen LogP contribution in [0, 0.1) is 0 Å². The molecule has 10 nitrogen and oxygen atoms in total. The second kappa shape index (κ2) is 8.22. The molecule has 0 aliphatic carbocycles. The van der Waals surface area contributed by atoms with Crippen LogP contribution in [0.15, 0.2) is 46.2 Å². The summed E-state index contributed by atoms with van der Waals surface area (Å²) >= 11 is 0. The number of fused-ring (bicyclic) bond motifs is 1. The van der Waals surface area contributed by atoms with Crippen molar-refractivity contribution in [3.05, 3.63) is 48.5 Å². The maximum Gasteiger partial charge on any atom is 0.229 e. The number of aromatic nitrogens is 6. The highest BCUT2D eigenvalue weighted by Gasteiger charge is 2.27. The van der Waals surface area contributed by atoms with Crippen molar-refractivity contribution in [2.45, 2.75) is 43.4 Å². The molecule has 1 aromatic carbocycles. The van der Waals surface area contributed by atoms with E-state index in [4.69, 9.17) is 4.52 Å². The number of benzene rings is 1. The average Bonchev–Trinajstić information content (AvgIpc) is 3.46. The predicted molar refractivity (Wildman–Crippen MR) is 122 cm³/mol. The van der Waals surface area contributed by atoms with Crippen LogP contribution >= 0.6 is 0 Å². The summed E-state index contributed by atoms with van der Waals surface area (Å²) in [7, 11) is -3.26. The van der Waals surface area contributed by atoms with Crippen LogP contribution in [0.1, 0.15) is 50.2 Å². The summed E-state index contributed by atoms with van der Waals surface area (Å²) in [5, 5.41) is 9.44. The molecule has 0 amide bonds. The van der Waals surface area contributed by atoms with Gasteiger partial charge in [0, 0.05) is 31.2 Å². The van der Waals surface area contributed by atoms with Crippen LogP contribution in [-0.2, 0) is 9.84 Å². The first-order valence-corrected chi connectivity index (χ1v) is 12.8. The Bertz CT molecular complexity index is 1390. The van der Waals surface area contributed by atoms with E-state index < -0.39 is 9.84 Å². The van der Waals surface area contributed by atoms with Gasteiger partial charge < -0.3 is 9.42 Å². The highest BCUT2D eigenvalue weighted by molar-refractivity contribution is 7.90. The fraction of sp³-hybridized carbons (Fsp3) is 0.409. The van der Waals surface area contributed by atoms with Gasteiger partial charge in [-0.25, -0.2) is 23.1 Å². The largest absolute Gasteiger partial charge is 0.356 e. The van der Waals surface area contributed by atoms with E-state index >= 15 is 0 Å². The molecule has 1 fully saturated rings. The first-order chi connectivity index (χ1) is 15.8. The first-order valence-electron chi connectivity index (χ1n) is 10.9. The minimum Gasteiger partial charge on any atom is -0.356 e. The molecular formula is C22H25N7O3S. The second-order valence-electron chi connectivity index (χ2n) is 8.66. The molecule has 0 bridgehead atoms. The normalized spacial score (nSPS) is 15.6. The summed E-state index contributed by atoms with van der Waals surface area (Å²) in [6, 6.07) is 6.61. The van der Waals surface area contributed by atoms with Gasteiger partial charge in [0.05, 0.1) is 22.2 Å². The van der Waals surface area contributed by atoms with Gasteiger partial charge in [0.1, 0.15) is 12.1 Å². The zero-order chi connectivity index (χ0) is 23.2. The molecule has 4 aromatic rings. The average molecular weight is 468 g/mol. The molecule has 5 rings (SSSR count). The Morgan fingerprint density at radius 3 is 2.45 bits per heavy atom. The van der Waals surface area contributed by atoms with Crippen molar-refractivity contribution in [3.63, 3.8) is 0 Å². The molecule has 0 spiro atoms. The molecule has 0 atom stereocenters. The Morgan fingerprint density at radius 2 is 1.82 bits per heavy atom. The first kappa shape index (κ1) is 21.5. The Kier molecular flexibility index (Phi) is 5.35. The molecular weight excluding hydrogens is 442 g/mol. The van der Waals surface area contributed by atoms with Crippen LogP contribution in [0.25, 0.3) is 16.7 Å². The van der Waals surface area contributed by atoms with E-state index in [-0.39, 0.29) is 16.7 Å². The summed E-state index contributed by atoms with van der Waals surface area (Å²) in [5.41, 5.74) is 1.41. The molecule has 4 heterocycles. The molecule has 3 aromatic heterocycles. The highest BCUT2D eigenvalue weighted by Crippen LogP contribution is 2.32. The van der Waals surface area contributed by atoms with Gasteiger partial charge in [-0.1, -0.05) is 19.0 Å². The lowest BCUT2D eigenvalue weighted by molar-refractivity contribution is 0.326. The van der Waals surface area contributed by atoms with E-state index in [1.807, 2.05) is 0 Å². The highest BCUT2D eigenvalue weighted by atomic mass is 32.2. The van der Waals surface area contributed by atoms with Crippen molar-refractivity contribution >= 4 is 26.7 Å². The van der Waals surface area contributed by atoms with Crippen LogP contribution in [0.5, 0.6) is 0 Å². The fourth-order valence-electron chi connectivity index (χ4n) is 4.09. The fourth-order valence-corrected chi connectivity index (χ4v) is 4.72. The van der Waals surface area contributed by atoms with Crippen LogP contribution in [0.3, 0.4) is 0 Å². The van der Waals surface area contributed by atoms with Gasteiger partial charge in [0.2, 0.25) is 5.89 Å². The standard InChI is InChI=1S/C22H25N7O3S/c1-14(2)19-26-22(32-27-19)15-8-10-28(11-9-15)20-18-12-25-29(21(18)24-13-23-20)16-4-6-17(7-5-16)33(3,30)31/h4-7,12-15H,8-11H2,1-3H3. The van der Waals surface area contributed by atoms with Crippen LogP contribution in [0.2, 0.25) is 0 Å². The number of sulfone groups is 1. The van der Waals surface area contributed by atoms with E-state index in [9.17, 15) is 8.42 Å². The van der Waals surface area contributed by atoms with Crippen molar-refractivity contribution < 1.29 is 12.9 Å². The quantitative estimate of drug-likeness (QED) is 0.436. The number of rotatable bonds is 5. The topological polar surface area (TPSA) is 120 Å². The summed E-state index contributed by atoms with van der Waals surface area (Å²) in [4.78, 5) is 16.0. The molecule has 0 N–H and O–H groups in total. The molecule has 0 radical (unpaired) electrons. The summed E-state index contributed by atoms with van der Waals surface area (Å²) < 4.78 is 30.7. The van der Waals surface area contributed by atoms with Gasteiger partial charge >= 0.3 is 0 Å². The van der Waals surface area contributed by atoms with Gasteiger partial charge in [-0.05, 0) is 37.1 Å². The molecule has 33 heavy (non-hydrogen) atoms. The van der Waals surface area contributed by atoms with E-state index in [2.05, 4.69) is 44.0 Å². The summed E-state index contributed by atoms with van der Waals surface area (Å²) in [5.74, 6) is 2.80. The van der Waals surface area contributed by atoms with E-state index in [0.29, 0.717) is 5.65 Å². The molecule has 1 aliphatic heterocycles. The van der Waals surface area contributed by atoms with Gasteiger partial charge in [0.15, 0.2) is 21.3 Å². The number of anilines is 1. The summed E-state index contributed by atoms with van der Waals surface area (Å²) in [6.45, 7) is 5.73. The van der Waals surface area contributed by atoms with E-state index in [1.54, 1.807) is 41.5 Å². The number of piperidine rings is 1.